The summed E-state index contributed by atoms with van der Waals surface area (Å²) in [6.45, 7) is 0. The second kappa shape index (κ2) is 8.41. The first kappa shape index (κ1) is 19.4. The van der Waals surface area contributed by atoms with Crippen LogP contribution in [0.5, 0.6) is 0 Å². The van der Waals surface area contributed by atoms with Crippen molar-refractivity contribution < 1.29 is 22.0 Å². The van der Waals surface area contributed by atoms with Gasteiger partial charge in [0.1, 0.15) is 0 Å². The van der Waals surface area contributed by atoms with Gasteiger partial charge in [-0.15, -0.1) is 11.8 Å². The molecule has 0 radical (unpaired) electrons. The van der Waals surface area contributed by atoms with E-state index >= 15 is 0 Å². The van der Waals surface area contributed by atoms with Gasteiger partial charge in [-0.3, -0.25) is 4.79 Å². The molecule has 0 fully saturated rings. The zero-order chi connectivity index (χ0) is 18.4. The number of anilines is 1. The number of rotatable bonds is 7. The van der Waals surface area contributed by atoms with Crippen molar-refractivity contribution in [1.82, 2.24) is 4.72 Å². The van der Waals surface area contributed by atoms with Crippen molar-refractivity contribution >= 4 is 33.4 Å². The molecule has 2 rings (SSSR count). The van der Waals surface area contributed by atoms with Crippen LogP contribution in [0.25, 0.3) is 0 Å². The molecule has 2 N–H and O–H groups in total. The minimum Gasteiger partial charge on any atom is -0.326 e. The van der Waals surface area contributed by atoms with E-state index in [0.29, 0.717) is 16.3 Å². The molecular formula is C16H16F2N2O3S2. The zero-order valence-corrected chi connectivity index (χ0v) is 14.9. The van der Waals surface area contributed by atoms with E-state index in [-0.39, 0.29) is 17.2 Å². The van der Waals surface area contributed by atoms with Gasteiger partial charge in [0.05, 0.1) is 4.90 Å². The highest BCUT2D eigenvalue weighted by Gasteiger charge is 2.11. The monoisotopic (exact) mass is 386 g/mol. The molecule has 0 aliphatic carbocycles. The fraction of sp³-hybridized carbons (Fsp3) is 0.188. The summed E-state index contributed by atoms with van der Waals surface area (Å²) in [5.74, 6) is -1.71. The van der Waals surface area contributed by atoms with Crippen molar-refractivity contribution in [1.29, 1.82) is 0 Å². The molecule has 0 atom stereocenters. The van der Waals surface area contributed by atoms with Crippen molar-refractivity contribution in [3.8, 4) is 0 Å². The van der Waals surface area contributed by atoms with Crippen molar-refractivity contribution in [3.05, 3.63) is 54.1 Å². The fourth-order valence-corrected chi connectivity index (χ4v) is 3.49. The van der Waals surface area contributed by atoms with Gasteiger partial charge in [0, 0.05) is 22.8 Å². The van der Waals surface area contributed by atoms with Gasteiger partial charge in [0.2, 0.25) is 15.9 Å². The Kier molecular flexibility index (Phi) is 6.51. The normalized spacial score (nSPS) is 11.3. The molecule has 2 aromatic rings. The molecule has 0 unspecified atom stereocenters. The molecule has 0 aromatic heterocycles. The summed E-state index contributed by atoms with van der Waals surface area (Å²) >= 11 is 1.24. The Balaban J connectivity index is 1.85. The molecule has 0 saturated heterocycles. The van der Waals surface area contributed by atoms with Gasteiger partial charge < -0.3 is 5.32 Å². The van der Waals surface area contributed by atoms with E-state index in [1.54, 1.807) is 0 Å². The van der Waals surface area contributed by atoms with Crippen LogP contribution in [0.4, 0.5) is 14.5 Å². The Hall–Kier alpha value is -1.97. The Bertz CT molecular complexity index is 856. The second-order valence-corrected chi connectivity index (χ2v) is 8.01. The molecule has 0 saturated carbocycles. The molecule has 0 aliphatic heterocycles. The first-order valence-electron chi connectivity index (χ1n) is 7.23. The van der Waals surface area contributed by atoms with E-state index in [1.165, 1.54) is 49.1 Å². The molecule has 0 aliphatic rings. The lowest BCUT2D eigenvalue weighted by molar-refractivity contribution is -0.115. The van der Waals surface area contributed by atoms with Crippen LogP contribution in [-0.4, -0.2) is 27.1 Å². The summed E-state index contributed by atoms with van der Waals surface area (Å²) in [6.07, 6.45) is 0.167. The highest BCUT2D eigenvalue weighted by atomic mass is 32.2. The van der Waals surface area contributed by atoms with Gasteiger partial charge >= 0.3 is 0 Å². The minimum atomic E-state index is -3.52. The summed E-state index contributed by atoms with van der Waals surface area (Å²) in [4.78, 5) is 12.5. The summed E-state index contributed by atoms with van der Waals surface area (Å²) < 4.78 is 51.3. The fourth-order valence-electron chi connectivity index (χ4n) is 1.89. The number of hydrogen-bond donors (Lipinski definition) is 2. The van der Waals surface area contributed by atoms with Gasteiger partial charge in [0.15, 0.2) is 11.6 Å². The lowest BCUT2D eigenvalue weighted by atomic mass is 10.3. The van der Waals surface area contributed by atoms with Crippen LogP contribution in [0, 0.1) is 11.6 Å². The highest BCUT2D eigenvalue weighted by molar-refractivity contribution is 7.99. The topological polar surface area (TPSA) is 75.3 Å². The summed E-state index contributed by atoms with van der Waals surface area (Å²) in [5, 5.41) is 2.64. The van der Waals surface area contributed by atoms with Gasteiger partial charge in [-0.05, 0) is 49.5 Å². The van der Waals surface area contributed by atoms with Crippen molar-refractivity contribution in [3.63, 3.8) is 0 Å². The molecular weight excluding hydrogens is 370 g/mol. The average molecular weight is 386 g/mol. The lowest BCUT2D eigenvalue weighted by Gasteiger charge is -2.07. The molecule has 9 heteroatoms. The van der Waals surface area contributed by atoms with E-state index in [0.717, 1.165) is 12.1 Å². The Morgan fingerprint density at radius 2 is 1.76 bits per heavy atom. The Morgan fingerprint density at radius 3 is 2.36 bits per heavy atom. The number of amides is 1. The molecule has 25 heavy (non-hydrogen) atoms. The zero-order valence-electron chi connectivity index (χ0n) is 13.3. The SMILES string of the molecule is CNS(=O)(=O)c1ccc(NC(=O)CCSc2ccc(F)c(F)c2)cc1. The molecule has 0 bridgehead atoms. The van der Waals surface area contributed by atoms with E-state index in [2.05, 4.69) is 10.0 Å². The van der Waals surface area contributed by atoms with Gasteiger partial charge in [-0.2, -0.15) is 0 Å². The number of benzene rings is 2. The number of thioether (sulfide) groups is 1. The maximum absolute atomic E-state index is 13.1. The third kappa shape index (κ3) is 5.52. The first-order chi connectivity index (χ1) is 11.8. The summed E-state index contributed by atoms with van der Waals surface area (Å²) in [5.41, 5.74) is 0.470. The van der Waals surface area contributed by atoms with Crippen LogP contribution >= 0.6 is 11.8 Å². The first-order valence-corrected chi connectivity index (χ1v) is 9.70. The van der Waals surface area contributed by atoms with Gasteiger partial charge in [0.25, 0.3) is 0 Å². The molecule has 1 amide bonds. The van der Waals surface area contributed by atoms with E-state index in [9.17, 15) is 22.0 Å². The van der Waals surface area contributed by atoms with Crippen LogP contribution < -0.4 is 10.0 Å². The molecule has 0 heterocycles. The number of carbonyl (C=O) groups is 1. The van der Waals surface area contributed by atoms with Crippen LogP contribution in [0.2, 0.25) is 0 Å². The van der Waals surface area contributed by atoms with Gasteiger partial charge in [-0.1, -0.05) is 0 Å². The van der Waals surface area contributed by atoms with Crippen LogP contribution in [0.1, 0.15) is 6.42 Å². The number of carbonyl (C=O) groups excluding carboxylic acids is 1. The predicted molar refractivity (Wildman–Crippen MR) is 93.0 cm³/mol. The minimum absolute atomic E-state index is 0.0990. The quantitative estimate of drug-likeness (QED) is 0.718. The maximum atomic E-state index is 13.1. The van der Waals surface area contributed by atoms with E-state index in [1.807, 2.05) is 0 Å². The molecule has 134 valence electrons. The third-order valence-electron chi connectivity index (χ3n) is 3.21. The maximum Gasteiger partial charge on any atom is 0.240 e. The van der Waals surface area contributed by atoms with Crippen molar-refractivity contribution in [2.24, 2.45) is 0 Å². The molecule has 5 nitrogen and oxygen atoms in total. The predicted octanol–water partition coefficient (Wildman–Crippen LogP) is 2.99. The average Bonchev–Trinajstić information content (AvgIpc) is 2.58. The number of hydrogen-bond acceptors (Lipinski definition) is 4. The van der Waals surface area contributed by atoms with Crippen LogP contribution in [-0.2, 0) is 14.8 Å². The van der Waals surface area contributed by atoms with Crippen LogP contribution in [0.3, 0.4) is 0 Å². The van der Waals surface area contributed by atoms with Crippen LogP contribution in [0.15, 0.2) is 52.3 Å². The lowest BCUT2D eigenvalue weighted by Crippen LogP contribution is -2.18. The van der Waals surface area contributed by atoms with Gasteiger partial charge in [-0.25, -0.2) is 21.9 Å². The van der Waals surface area contributed by atoms with E-state index < -0.39 is 21.7 Å². The third-order valence-corrected chi connectivity index (χ3v) is 5.63. The smallest absolute Gasteiger partial charge is 0.240 e. The summed E-state index contributed by atoms with van der Waals surface area (Å²) in [7, 11) is -2.20. The number of nitrogens with one attached hydrogen (secondary N) is 2. The second-order valence-electron chi connectivity index (χ2n) is 4.95. The standard InChI is InChI=1S/C16H16F2N2O3S2/c1-19-25(22,23)13-5-2-11(3-6-13)20-16(21)8-9-24-12-4-7-14(17)15(18)10-12/h2-7,10,19H,8-9H2,1H3,(H,20,21). The number of sulfonamides is 1. The van der Waals surface area contributed by atoms with Crippen molar-refractivity contribution in [2.75, 3.05) is 18.1 Å². The number of halogens is 2. The molecule has 2 aromatic carbocycles. The molecule has 0 spiro atoms. The Morgan fingerprint density at radius 1 is 1.08 bits per heavy atom. The highest BCUT2D eigenvalue weighted by Crippen LogP contribution is 2.21. The van der Waals surface area contributed by atoms with E-state index in [4.69, 9.17) is 0 Å². The largest absolute Gasteiger partial charge is 0.326 e. The Labute approximate surface area is 148 Å². The van der Waals surface area contributed by atoms with Crippen molar-refractivity contribution in [2.45, 2.75) is 16.2 Å². The summed E-state index contributed by atoms with van der Waals surface area (Å²) in [6, 6.07) is 9.32.